The van der Waals surface area contributed by atoms with Crippen LogP contribution in [0.2, 0.25) is 0 Å². The van der Waals surface area contributed by atoms with Crippen molar-refractivity contribution in [3.05, 3.63) is 58.6 Å². The maximum atomic E-state index is 6.02. The van der Waals surface area contributed by atoms with Crippen molar-refractivity contribution in [1.29, 1.82) is 0 Å². The van der Waals surface area contributed by atoms with Gasteiger partial charge in [-0.3, -0.25) is 0 Å². The zero-order valence-electron chi connectivity index (χ0n) is 11.4. The quantitative estimate of drug-likeness (QED) is 0.740. The molecule has 0 fully saturated rings. The number of hydrogen-bond acceptors (Lipinski definition) is 4. The third-order valence-electron chi connectivity index (χ3n) is 3.41. The van der Waals surface area contributed by atoms with Gasteiger partial charge in [0, 0.05) is 15.7 Å². The van der Waals surface area contributed by atoms with E-state index in [9.17, 15) is 0 Å². The van der Waals surface area contributed by atoms with Crippen LogP contribution in [0.5, 0.6) is 0 Å². The van der Waals surface area contributed by atoms with Crippen molar-refractivity contribution in [1.82, 2.24) is 20.2 Å². The minimum atomic E-state index is 0.0164. The predicted octanol–water partition coefficient (Wildman–Crippen LogP) is 3.29. The van der Waals surface area contributed by atoms with Gasteiger partial charge in [0.2, 0.25) is 0 Å². The van der Waals surface area contributed by atoms with Crippen LogP contribution in [-0.2, 0) is 0 Å². The summed E-state index contributed by atoms with van der Waals surface area (Å²) in [6.07, 6.45) is 0. The van der Waals surface area contributed by atoms with Crippen LogP contribution in [0.3, 0.4) is 0 Å². The van der Waals surface area contributed by atoms with Crippen LogP contribution < -0.4 is 5.73 Å². The van der Waals surface area contributed by atoms with Gasteiger partial charge in [-0.25, -0.2) is 4.68 Å². The molecule has 0 bridgehead atoms. The maximum absolute atomic E-state index is 6.02. The van der Waals surface area contributed by atoms with Crippen molar-refractivity contribution in [3.63, 3.8) is 0 Å². The van der Waals surface area contributed by atoms with Crippen LogP contribution in [0.1, 0.15) is 18.5 Å². The average molecular weight is 344 g/mol. The number of nitrogen functional groups attached to an aromatic ring is 1. The molecular weight excluding hydrogens is 330 g/mol. The Kier molecular flexibility index (Phi) is 3.70. The summed E-state index contributed by atoms with van der Waals surface area (Å²) in [6, 6.07) is 15.7. The molecule has 0 aliphatic rings. The van der Waals surface area contributed by atoms with Crippen molar-refractivity contribution in [2.24, 2.45) is 0 Å². The average Bonchev–Trinajstić information content (AvgIpc) is 2.97. The first kappa shape index (κ1) is 13.8. The van der Waals surface area contributed by atoms with Crippen molar-refractivity contribution in [2.45, 2.75) is 13.0 Å². The van der Waals surface area contributed by atoms with Gasteiger partial charge in [0.15, 0.2) is 5.82 Å². The van der Waals surface area contributed by atoms with Crippen LogP contribution >= 0.6 is 15.9 Å². The summed E-state index contributed by atoms with van der Waals surface area (Å²) >= 11 is 3.44. The summed E-state index contributed by atoms with van der Waals surface area (Å²) in [5.41, 5.74) is 8.65. The van der Waals surface area contributed by atoms with Crippen molar-refractivity contribution < 1.29 is 0 Å². The van der Waals surface area contributed by atoms with Gasteiger partial charge in [-0.1, -0.05) is 40.2 Å². The molecule has 0 amide bonds. The van der Waals surface area contributed by atoms with E-state index >= 15 is 0 Å². The summed E-state index contributed by atoms with van der Waals surface area (Å²) in [6.45, 7) is 2.06. The second-order valence-electron chi connectivity index (χ2n) is 4.76. The Bertz CT molecular complexity index is 751. The fourth-order valence-corrected chi connectivity index (χ4v) is 2.48. The summed E-state index contributed by atoms with van der Waals surface area (Å²) in [5, 5.41) is 12.0. The number of anilines is 1. The number of para-hydroxylation sites is 1. The number of aromatic nitrogens is 4. The van der Waals surface area contributed by atoms with Crippen LogP contribution in [0.4, 0.5) is 5.69 Å². The van der Waals surface area contributed by atoms with Crippen molar-refractivity contribution in [2.75, 3.05) is 5.73 Å². The highest BCUT2D eigenvalue weighted by Gasteiger charge is 2.17. The van der Waals surface area contributed by atoms with Gasteiger partial charge in [0.25, 0.3) is 0 Å². The van der Waals surface area contributed by atoms with Crippen molar-refractivity contribution >= 4 is 21.6 Å². The molecule has 5 nitrogen and oxygen atoms in total. The number of benzene rings is 2. The van der Waals surface area contributed by atoms with Gasteiger partial charge in [-0.15, -0.1) is 5.10 Å². The molecule has 1 unspecified atom stereocenters. The van der Waals surface area contributed by atoms with E-state index in [0.29, 0.717) is 11.5 Å². The molecule has 1 heterocycles. The zero-order valence-corrected chi connectivity index (χ0v) is 13.0. The van der Waals surface area contributed by atoms with E-state index < -0.39 is 0 Å². The number of nitrogens with two attached hydrogens (primary N) is 1. The second-order valence-corrected chi connectivity index (χ2v) is 5.68. The Morgan fingerprint density at radius 1 is 1.10 bits per heavy atom. The lowest BCUT2D eigenvalue weighted by atomic mass is 10.1. The van der Waals surface area contributed by atoms with E-state index in [2.05, 4.69) is 50.5 Å². The van der Waals surface area contributed by atoms with Gasteiger partial charge < -0.3 is 5.73 Å². The fourth-order valence-electron chi connectivity index (χ4n) is 2.21. The van der Waals surface area contributed by atoms with Crippen LogP contribution in [-0.4, -0.2) is 20.2 Å². The topological polar surface area (TPSA) is 69.6 Å². The fraction of sp³-hybridized carbons (Fsp3) is 0.133. The molecule has 1 aromatic heterocycles. The van der Waals surface area contributed by atoms with Gasteiger partial charge in [-0.2, -0.15) is 0 Å². The minimum Gasteiger partial charge on any atom is -0.398 e. The largest absolute Gasteiger partial charge is 0.398 e. The van der Waals surface area contributed by atoms with Crippen LogP contribution in [0, 0.1) is 0 Å². The predicted molar refractivity (Wildman–Crippen MR) is 85.6 cm³/mol. The lowest BCUT2D eigenvalue weighted by Gasteiger charge is -2.14. The zero-order chi connectivity index (χ0) is 14.8. The molecule has 0 aliphatic heterocycles. The Labute approximate surface area is 130 Å². The highest BCUT2D eigenvalue weighted by atomic mass is 79.9. The second kappa shape index (κ2) is 5.65. The van der Waals surface area contributed by atoms with E-state index in [4.69, 9.17) is 5.73 Å². The highest BCUT2D eigenvalue weighted by molar-refractivity contribution is 9.10. The maximum Gasteiger partial charge on any atom is 0.184 e. The van der Waals surface area contributed by atoms with Gasteiger partial charge in [0.05, 0.1) is 6.04 Å². The third-order valence-corrected chi connectivity index (χ3v) is 3.94. The molecule has 3 aromatic rings. The van der Waals surface area contributed by atoms with Crippen LogP contribution in [0.25, 0.3) is 11.4 Å². The smallest absolute Gasteiger partial charge is 0.184 e. The number of halogens is 1. The molecule has 3 rings (SSSR count). The molecule has 0 radical (unpaired) electrons. The molecule has 0 saturated heterocycles. The van der Waals surface area contributed by atoms with E-state index in [0.717, 1.165) is 15.6 Å². The lowest BCUT2D eigenvalue weighted by Crippen LogP contribution is -2.11. The molecule has 106 valence electrons. The Morgan fingerprint density at radius 3 is 2.52 bits per heavy atom. The minimum absolute atomic E-state index is 0.0164. The molecule has 0 spiro atoms. The van der Waals surface area contributed by atoms with E-state index in [1.165, 1.54) is 0 Å². The molecule has 2 aromatic carbocycles. The normalized spacial score (nSPS) is 12.3. The standard InChI is InChI=1S/C15H14BrN5/c1-10(11-6-8-12(16)9-7-11)21-15(18-19-20-21)13-4-2-3-5-14(13)17/h2-10H,17H2,1H3. The van der Waals surface area contributed by atoms with E-state index in [-0.39, 0.29) is 6.04 Å². The van der Waals surface area contributed by atoms with Gasteiger partial charge in [0.1, 0.15) is 0 Å². The molecule has 0 aliphatic carbocycles. The van der Waals surface area contributed by atoms with Gasteiger partial charge in [-0.05, 0) is 47.2 Å². The number of tetrazole rings is 1. The molecule has 0 saturated carbocycles. The van der Waals surface area contributed by atoms with E-state index in [1.807, 2.05) is 36.4 Å². The number of rotatable bonds is 3. The summed E-state index contributed by atoms with van der Waals surface area (Å²) in [5.74, 6) is 0.670. The summed E-state index contributed by atoms with van der Waals surface area (Å²) < 4.78 is 2.83. The monoisotopic (exact) mass is 343 g/mol. The lowest BCUT2D eigenvalue weighted by molar-refractivity contribution is 0.548. The first-order chi connectivity index (χ1) is 10.2. The first-order valence-corrected chi connectivity index (χ1v) is 7.34. The Morgan fingerprint density at radius 2 is 1.81 bits per heavy atom. The van der Waals surface area contributed by atoms with Crippen LogP contribution in [0.15, 0.2) is 53.0 Å². The summed E-state index contributed by atoms with van der Waals surface area (Å²) in [7, 11) is 0. The van der Waals surface area contributed by atoms with Gasteiger partial charge >= 0.3 is 0 Å². The molecule has 1 atom stereocenters. The van der Waals surface area contributed by atoms with E-state index in [1.54, 1.807) is 4.68 Å². The molecule has 2 N–H and O–H groups in total. The third kappa shape index (κ3) is 2.67. The SMILES string of the molecule is CC(c1ccc(Br)cc1)n1nnnc1-c1ccccc1N. The van der Waals surface area contributed by atoms with Crippen molar-refractivity contribution in [3.8, 4) is 11.4 Å². The first-order valence-electron chi connectivity index (χ1n) is 6.55. The Hall–Kier alpha value is -2.21. The number of hydrogen-bond donors (Lipinski definition) is 1. The Balaban J connectivity index is 2.03. The molecule has 6 heteroatoms. The highest BCUT2D eigenvalue weighted by Crippen LogP contribution is 2.27. The number of nitrogens with zero attached hydrogens (tertiary/aromatic N) is 4. The molecule has 21 heavy (non-hydrogen) atoms. The summed E-state index contributed by atoms with van der Waals surface area (Å²) in [4.78, 5) is 0. The molecular formula is C15H14BrN5.